The SMILES string of the molecule is CSCC(C)N(C)CC(Cl)C#N. The van der Waals surface area contributed by atoms with Crippen LogP contribution in [0, 0.1) is 11.3 Å². The van der Waals surface area contributed by atoms with Crippen molar-refractivity contribution in [2.75, 3.05) is 25.6 Å². The minimum atomic E-state index is -0.390. The van der Waals surface area contributed by atoms with E-state index in [1.54, 1.807) is 11.8 Å². The van der Waals surface area contributed by atoms with E-state index in [1.807, 2.05) is 13.1 Å². The molecule has 4 heteroatoms. The first-order valence-electron chi connectivity index (χ1n) is 3.84. The van der Waals surface area contributed by atoms with Crippen LogP contribution in [0.3, 0.4) is 0 Å². The van der Waals surface area contributed by atoms with Crippen molar-refractivity contribution in [1.29, 1.82) is 5.26 Å². The molecule has 0 fully saturated rings. The quantitative estimate of drug-likeness (QED) is 0.642. The van der Waals surface area contributed by atoms with Crippen molar-refractivity contribution in [3.8, 4) is 6.07 Å². The van der Waals surface area contributed by atoms with E-state index < -0.39 is 0 Å². The molecule has 0 N–H and O–H groups in total. The Balaban J connectivity index is 3.71. The van der Waals surface area contributed by atoms with Crippen molar-refractivity contribution in [3.63, 3.8) is 0 Å². The highest BCUT2D eigenvalue weighted by Gasteiger charge is 2.12. The summed E-state index contributed by atoms with van der Waals surface area (Å²) in [4.78, 5) is 2.11. The van der Waals surface area contributed by atoms with Gasteiger partial charge in [-0.3, -0.25) is 0 Å². The fourth-order valence-electron chi connectivity index (χ4n) is 0.842. The second-order valence-electron chi connectivity index (χ2n) is 2.84. The number of nitriles is 1. The highest BCUT2D eigenvalue weighted by Crippen LogP contribution is 2.06. The van der Waals surface area contributed by atoms with Crippen molar-refractivity contribution in [3.05, 3.63) is 0 Å². The summed E-state index contributed by atoms with van der Waals surface area (Å²) in [5.41, 5.74) is 0. The van der Waals surface area contributed by atoms with Crippen LogP contribution in [-0.4, -0.2) is 41.9 Å². The van der Waals surface area contributed by atoms with Gasteiger partial charge in [0.15, 0.2) is 0 Å². The number of nitrogens with zero attached hydrogens (tertiary/aromatic N) is 2. The Morgan fingerprint density at radius 1 is 1.67 bits per heavy atom. The maximum Gasteiger partial charge on any atom is 0.133 e. The van der Waals surface area contributed by atoms with E-state index in [-0.39, 0.29) is 5.38 Å². The maximum atomic E-state index is 8.48. The van der Waals surface area contributed by atoms with Gasteiger partial charge in [0.05, 0.1) is 6.07 Å². The number of halogens is 1. The largest absolute Gasteiger partial charge is 0.300 e. The molecule has 12 heavy (non-hydrogen) atoms. The lowest BCUT2D eigenvalue weighted by atomic mass is 10.3. The highest BCUT2D eigenvalue weighted by molar-refractivity contribution is 7.98. The molecule has 0 aliphatic carbocycles. The third-order valence-electron chi connectivity index (χ3n) is 1.75. The van der Waals surface area contributed by atoms with Crippen LogP contribution in [0.5, 0.6) is 0 Å². The zero-order chi connectivity index (χ0) is 9.56. The first kappa shape index (κ1) is 12.1. The zero-order valence-electron chi connectivity index (χ0n) is 7.75. The van der Waals surface area contributed by atoms with E-state index in [0.717, 1.165) is 5.75 Å². The summed E-state index contributed by atoms with van der Waals surface area (Å²) in [6, 6.07) is 2.49. The van der Waals surface area contributed by atoms with E-state index in [4.69, 9.17) is 16.9 Å². The van der Waals surface area contributed by atoms with Gasteiger partial charge in [-0.25, -0.2) is 0 Å². The van der Waals surface area contributed by atoms with Gasteiger partial charge in [-0.15, -0.1) is 11.6 Å². The van der Waals surface area contributed by atoms with E-state index in [0.29, 0.717) is 12.6 Å². The Morgan fingerprint density at radius 2 is 2.25 bits per heavy atom. The van der Waals surface area contributed by atoms with E-state index in [2.05, 4.69) is 18.1 Å². The molecule has 0 aliphatic heterocycles. The Kier molecular flexibility index (Phi) is 6.64. The summed E-state index contributed by atoms with van der Waals surface area (Å²) in [7, 11) is 1.99. The molecule has 0 saturated carbocycles. The molecule has 0 aromatic heterocycles. The lowest BCUT2D eigenvalue weighted by Gasteiger charge is -2.23. The Bertz CT molecular complexity index is 158. The van der Waals surface area contributed by atoms with Crippen LogP contribution in [-0.2, 0) is 0 Å². The fraction of sp³-hybridized carbons (Fsp3) is 0.875. The van der Waals surface area contributed by atoms with Crippen molar-refractivity contribution >= 4 is 23.4 Å². The molecule has 70 valence electrons. The Hall–Kier alpha value is 0.0900. The number of hydrogen-bond acceptors (Lipinski definition) is 3. The van der Waals surface area contributed by atoms with Crippen LogP contribution in [0.4, 0.5) is 0 Å². The van der Waals surface area contributed by atoms with E-state index in [9.17, 15) is 0 Å². The van der Waals surface area contributed by atoms with Gasteiger partial charge in [0.25, 0.3) is 0 Å². The molecule has 2 unspecified atom stereocenters. The summed E-state index contributed by atoms with van der Waals surface area (Å²) >= 11 is 7.50. The highest BCUT2D eigenvalue weighted by atomic mass is 35.5. The molecule has 0 aromatic rings. The van der Waals surface area contributed by atoms with Gasteiger partial charge in [0.2, 0.25) is 0 Å². The second kappa shape index (κ2) is 6.59. The van der Waals surface area contributed by atoms with Crippen molar-refractivity contribution in [2.24, 2.45) is 0 Å². The topological polar surface area (TPSA) is 27.0 Å². The average Bonchev–Trinajstić information content (AvgIpc) is 2.04. The Labute approximate surface area is 83.9 Å². The monoisotopic (exact) mass is 206 g/mol. The van der Waals surface area contributed by atoms with E-state index >= 15 is 0 Å². The molecule has 0 heterocycles. The summed E-state index contributed by atoms with van der Waals surface area (Å²) in [5.74, 6) is 1.07. The zero-order valence-corrected chi connectivity index (χ0v) is 9.32. The lowest BCUT2D eigenvalue weighted by molar-refractivity contribution is 0.286. The molecular weight excluding hydrogens is 192 g/mol. The summed E-state index contributed by atoms with van der Waals surface area (Å²) < 4.78 is 0. The third-order valence-corrected chi connectivity index (χ3v) is 2.80. The number of rotatable bonds is 5. The molecule has 0 spiro atoms. The molecule has 0 aromatic carbocycles. The molecule has 0 rings (SSSR count). The average molecular weight is 207 g/mol. The molecule has 0 amide bonds. The minimum absolute atomic E-state index is 0.390. The van der Waals surface area contributed by atoms with Crippen molar-refractivity contribution < 1.29 is 0 Å². The molecule has 2 atom stereocenters. The van der Waals surface area contributed by atoms with Gasteiger partial charge in [-0.2, -0.15) is 17.0 Å². The van der Waals surface area contributed by atoms with Crippen LogP contribution in [0.25, 0.3) is 0 Å². The Morgan fingerprint density at radius 3 is 2.67 bits per heavy atom. The van der Waals surface area contributed by atoms with Crippen LogP contribution in [0.1, 0.15) is 6.92 Å². The molecule has 0 aliphatic rings. The first-order chi connectivity index (χ1) is 5.61. The van der Waals surface area contributed by atoms with Gasteiger partial charge < -0.3 is 4.90 Å². The minimum Gasteiger partial charge on any atom is -0.300 e. The first-order valence-corrected chi connectivity index (χ1v) is 5.67. The standard InChI is InChI=1S/C8H15ClN2S/c1-7(6-12-3)11(2)5-8(9)4-10/h7-8H,5-6H2,1-3H3. The summed E-state index contributed by atoms with van der Waals surface area (Å²) in [6.07, 6.45) is 2.08. The molecular formula is C8H15ClN2S. The van der Waals surface area contributed by atoms with Crippen LogP contribution < -0.4 is 0 Å². The fourth-order valence-corrected chi connectivity index (χ4v) is 1.80. The third kappa shape index (κ3) is 4.87. The molecule has 2 nitrogen and oxygen atoms in total. The smallest absolute Gasteiger partial charge is 0.133 e. The second-order valence-corrected chi connectivity index (χ2v) is 4.28. The van der Waals surface area contributed by atoms with Gasteiger partial charge in [-0.1, -0.05) is 0 Å². The van der Waals surface area contributed by atoms with Crippen LogP contribution >= 0.6 is 23.4 Å². The summed E-state index contributed by atoms with van der Waals surface area (Å²) in [5, 5.41) is 8.09. The van der Waals surface area contributed by atoms with Crippen LogP contribution in [0.15, 0.2) is 0 Å². The maximum absolute atomic E-state index is 8.48. The van der Waals surface area contributed by atoms with Gasteiger partial charge >= 0.3 is 0 Å². The van der Waals surface area contributed by atoms with Gasteiger partial charge in [0, 0.05) is 18.3 Å². The van der Waals surface area contributed by atoms with Gasteiger partial charge in [0.1, 0.15) is 5.38 Å². The van der Waals surface area contributed by atoms with Crippen LogP contribution in [0.2, 0.25) is 0 Å². The molecule has 0 radical (unpaired) electrons. The number of alkyl halides is 1. The predicted octanol–water partition coefficient (Wildman–Crippen LogP) is 1.80. The van der Waals surface area contributed by atoms with Crippen molar-refractivity contribution in [2.45, 2.75) is 18.3 Å². The predicted molar refractivity (Wildman–Crippen MR) is 55.7 cm³/mol. The normalized spacial score (nSPS) is 15.7. The molecule has 0 saturated heterocycles. The number of thioether (sulfide) groups is 1. The van der Waals surface area contributed by atoms with E-state index in [1.165, 1.54) is 0 Å². The van der Waals surface area contributed by atoms with Crippen molar-refractivity contribution in [1.82, 2.24) is 4.90 Å². The van der Waals surface area contributed by atoms with Gasteiger partial charge in [-0.05, 0) is 20.2 Å². The number of hydrogen-bond donors (Lipinski definition) is 0. The summed E-state index contributed by atoms with van der Waals surface area (Å²) in [6.45, 7) is 2.78. The molecule has 0 bridgehead atoms. The lowest BCUT2D eigenvalue weighted by Crippen LogP contribution is -2.35.